The second kappa shape index (κ2) is 9.14. The Labute approximate surface area is 232 Å². The van der Waals surface area contributed by atoms with E-state index in [1.807, 2.05) is 0 Å². The van der Waals surface area contributed by atoms with Gasteiger partial charge >= 0.3 is 0 Å². The van der Waals surface area contributed by atoms with Crippen LogP contribution in [0.4, 0.5) is 11.4 Å². The van der Waals surface area contributed by atoms with Crippen molar-refractivity contribution in [2.45, 2.75) is 0 Å². The minimum Gasteiger partial charge on any atom is -0.355 e. The van der Waals surface area contributed by atoms with Crippen LogP contribution < -0.4 is 5.32 Å². The SMILES string of the molecule is c1ccc(-c2cc3ccc4ccccc4c3cc2Nc2ccc(-n3c4ccccc4c4ccccc43)cc2)cc1. The number of rotatable bonds is 4. The third-order valence-corrected chi connectivity index (χ3v) is 7.95. The number of nitrogens with one attached hydrogen (secondary N) is 1. The Balaban J connectivity index is 1.25. The molecule has 0 unspecified atom stereocenters. The van der Waals surface area contributed by atoms with Gasteiger partial charge in [0.25, 0.3) is 0 Å². The predicted octanol–water partition coefficient (Wildman–Crippen LogP) is 10.5. The summed E-state index contributed by atoms with van der Waals surface area (Å²) in [6.45, 7) is 0. The number of para-hydroxylation sites is 2. The lowest BCUT2D eigenvalue weighted by atomic mass is 9.95. The topological polar surface area (TPSA) is 17.0 Å². The molecule has 0 atom stereocenters. The molecule has 0 aliphatic carbocycles. The molecule has 0 spiro atoms. The van der Waals surface area contributed by atoms with Crippen LogP contribution >= 0.6 is 0 Å². The summed E-state index contributed by atoms with van der Waals surface area (Å²) >= 11 is 0. The summed E-state index contributed by atoms with van der Waals surface area (Å²) in [7, 11) is 0. The molecule has 188 valence electrons. The number of hydrogen-bond donors (Lipinski definition) is 1. The van der Waals surface area contributed by atoms with E-state index in [2.05, 4.69) is 162 Å². The van der Waals surface area contributed by atoms with Crippen molar-refractivity contribution in [2.24, 2.45) is 0 Å². The Morgan fingerprint density at radius 2 is 1.02 bits per heavy atom. The zero-order valence-electron chi connectivity index (χ0n) is 21.9. The molecule has 2 nitrogen and oxygen atoms in total. The van der Waals surface area contributed by atoms with Crippen LogP contribution in [0.3, 0.4) is 0 Å². The highest BCUT2D eigenvalue weighted by Gasteiger charge is 2.13. The lowest BCUT2D eigenvalue weighted by Gasteiger charge is -2.16. The lowest BCUT2D eigenvalue weighted by molar-refractivity contribution is 1.18. The van der Waals surface area contributed by atoms with Crippen molar-refractivity contribution < 1.29 is 0 Å². The molecule has 40 heavy (non-hydrogen) atoms. The molecular weight excluding hydrogens is 484 g/mol. The van der Waals surface area contributed by atoms with Crippen LogP contribution in [0.2, 0.25) is 0 Å². The van der Waals surface area contributed by atoms with Crippen LogP contribution in [0.5, 0.6) is 0 Å². The molecule has 7 aromatic carbocycles. The highest BCUT2D eigenvalue weighted by molar-refractivity contribution is 6.11. The standard InChI is InChI=1S/C38H26N2/c1-2-10-26(11-3-1)35-24-28-19-18-27-12-4-5-13-31(27)34(28)25-36(35)39-29-20-22-30(23-21-29)40-37-16-8-6-14-32(37)33-15-7-9-17-38(33)40/h1-25,39H. The second-order valence-corrected chi connectivity index (χ2v) is 10.3. The first-order chi connectivity index (χ1) is 19.8. The van der Waals surface area contributed by atoms with Crippen molar-refractivity contribution in [3.8, 4) is 16.8 Å². The van der Waals surface area contributed by atoms with E-state index in [1.54, 1.807) is 0 Å². The first-order valence-corrected chi connectivity index (χ1v) is 13.7. The number of fused-ring (bicyclic) bond motifs is 6. The van der Waals surface area contributed by atoms with Gasteiger partial charge in [-0.15, -0.1) is 0 Å². The van der Waals surface area contributed by atoms with E-state index >= 15 is 0 Å². The summed E-state index contributed by atoms with van der Waals surface area (Å²) in [5.74, 6) is 0. The number of aromatic nitrogens is 1. The van der Waals surface area contributed by atoms with Gasteiger partial charge in [-0.1, -0.05) is 103 Å². The molecule has 0 saturated heterocycles. The van der Waals surface area contributed by atoms with Crippen LogP contribution in [0.1, 0.15) is 0 Å². The fourth-order valence-corrected chi connectivity index (χ4v) is 6.06. The van der Waals surface area contributed by atoms with Gasteiger partial charge in [0.2, 0.25) is 0 Å². The molecule has 8 aromatic rings. The van der Waals surface area contributed by atoms with Crippen molar-refractivity contribution in [1.82, 2.24) is 4.57 Å². The van der Waals surface area contributed by atoms with Gasteiger partial charge in [0, 0.05) is 33.4 Å². The number of hydrogen-bond acceptors (Lipinski definition) is 1. The van der Waals surface area contributed by atoms with Crippen LogP contribution in [-0.4, -0.2) is 4.57 Å². The van der Waals surface area contributed by atoms with Gasteiger partial charge in [-0.3, -0.25) is 0 Å². The Hall–Kier alpha value is -5.34. The Morgan fingerprint density at radius 3 is 1.75 bits per heavy atom. The smallest absolute Gasteiger partial charge is 0.0541 e. The fourth-order valence-electron chi connectivity index (χ4n) is 6.06. The first-order valence-electron chi connectivity index (χ1n) is 13.7. The molecule has 0 aliphatic rings. The lowest BCUT2D eigenvalue weighted by Crippen LogP contribution is -1.97. The molecule has 0 aliphatic heterocycles. The highest BCUT2D eigenvalue weighted by atomic mass is 15.0. The number of anilines is 2. The summed E-state index contributed by atoms with van der Waals surface area (Å²) in [5, 5.41) is 11.3. The van der Waals surface area contributed by atoms with Gasteiger partial charge in [0.1, 0.15) is 0 Å². The molecule has 1 heterocycles. The summed E-state index contributed by atoms with van der Waals surface area (Å²) < 4.78 is 2.35. The summed E-state index contributed by atoms with van der Waals surface area (Å²) in [5.41, 5.74) is 8.13. The minimum atomic E-state index is 1.06. The van der Waals surface area contributed by atoms with Crippen LogP contribution in [0.15, 0.2) is 152 Å². The normalized spacial score (nSPS) is 11.5. The number of benzene rings is 7. The average Bonchev–Trinajstić information content (AvgIpc) is 3.36. The maximum Gasteiger partial charge on any atom is 0.0541 e. The molecule has 0 saturated carbocycles. The average molecular weight is 511 g/mol. The van der Waals surface area contributed by atoms with E-state index in [0.717, 1.165) is 17.1 Å². The van der Waals surface area contributed by atoms with E-state index in [-0.39, 0.29) is 0 Å². The summed E-state index contributed by atoms with van der Waals surface area (Å²) in [4.78, 5) is 0. The van der Waals surface area contributed by atoms with Crippen molar-refractivity contribution >= 4 is 54.7 Å². The zero-order valence-corrected chi connectivity index (χ0v) is 21.9. The highest BCUT2D eigenvalue weighted by Crippen LogP contribution is 2.38. The third kappa shape index (κ3) is 3.65. The monoisotopic (exact) mass is 510 g/mol. The molecule has 0 fully saturated rings. The van der Waals surface area contributed by atoms with E-state index in [4.69, 9.17) is 0 Å². The molecule has 0 amide bonds. The van der Waals surface area contributed by atoms with Crippen molar-refractivity contribution in [3.63, 3.8) is 0 Å². The molecule has 2 heteroatoms. The molecule has 1 aromatic heterocycles. The van der Waals surface area contributed by atoms with Gasteiger partial charge in [0.15, 0.2) is 0 Å². The quantitative estimate of drug-likeness (QED) is 0.233. The molecule has 0 bridgehead atoms. The van der Waals surface area contributed by atoms with Crippen LogP contribution in [-0.2, 0) is 0 Å². The molecule has 0 radical (unpaired) electrons. The minimum absolute atomic E-state index is 1.06. The third-order valence-electron chi connectivity index (χ3n) is 7.95. The van der Waals surface area contributed by atoms with Crippen molar-refractivity contribution in [3.05, 3.63) is 152 Å². The molecular formula is C38H26N2. The van der Waals surface area contributed by atoms with Gasteiger partial charge in [-0.25, -0.2) is 0 Å². The van der Waals surface area contributed by atoms with Crippen molar-refractivity contribution in [2.75, 3.05) is 5.32 Å². The van der Waals surface area contributed by atoms with Gasteiger partial charge < -0.3 is 9.88 Å². The first kappa shape index (κ1) is 22.6. The molecule has 1 N–H and O–H groups in total. The summed E-state index contributed by atoms with van der Waals surface area (Å²) in [6.07, 6.45) is 0. The van der Waals surface area contributed by atoms with E-state index in [0.29, 0.717) is 0 Å². The van der Waals surface area contributed by atoms with E-state index < -0.39 is 0 Å². The molecule has 8 rings (SSSR count). The predicted molar refractivity (Wildman–Crippen MR) is 171 cm³/mol. The maximum absolute atomic E-state index is 3.77. The number of nitrogens with zero attached hydrogens (tertiary/aromatic N) is 1. The fraction of sp³-hybridized carbons (Fsp3) is 0. The summed E-state index contributed by atoms with van der Waals surface area (Å²) in [6, 6.07) is 54.4. The van der Waals surface area contributed by atoms with Gasteiger partial charge in [0.05, 0.1) is 11.0 Å². The maximum atomic E-state index is 3.77. The Bertz CT molecular complexity index is 2120. The Kier molecular flexibility index (Phi) is 5.17. The van der Waals surface area contributed by atoms with Gasteiger partial charge in [-0.2, -0.15) is 0 Å². The van der Waals surface area contributed by atoms with E-state index in [9.17, 15) is 0 Å². The van der Waals surface area contributed by atoms with E-state index in [1.165, 1.54) is 54.5 Å². The second-order valence-electron chi connectivity index (χ2n) is 10.3. The van der Waals surface area contributed by atoms with Crippen LogP contribution in [0.25, 0.3) is 60.2 Å². The van der Waals surface area contributed by atoms with Gasteiger partial charge in [-0.05, 0) is 75.6 Å². The Morgan fingerprint density at radius 1 is 0.425 bits per heavy atom. The van der Waals surface area contributed by atoms with Crippen LogP contribution in [0, 0.1) is 0 Å². The zero-order chi connectivity index (χ0) is 26.5. The van der Waals surface area contributed by atoms with Crippen molar-refractivity contribution in [1.29, 1.82) is 0 Å². The largest absolute Gasteiger partial charge is 0.355 e.